The van der Waals surface area contributed by atoms with Crippen LogP contribution in [0, 0.1) is 12.7 Å². The average Bonchev–Trinajstić information content (AvgIpc) is 3.67. The number of nitrogens with one attached hydrogen (secondary N) is 1. The number of carbonyl (C=O) groups excluding carboxylic acids is 2. The Labute approximate surface area is 219 Å². The summed E-state index contributed by atoms with van der Waals surface area (Å²) in [4.78, 5) is 38.4. The molecular weight excluding hydrogens is 485 g/mol. The van der Waals surface area contributed by atoms with Gasteiger partial charge in [0, 0.05) is 42.8 Å². The Hall–Kier alpha value is -4.01. The number of rotatable bonds is 4. The van der Waals surface area contributed by atoms with Gasteiger partial charge in [0.05, 0.1) is 23.6 Å². The molecule has 1 aromatic carbocycles. The smallest absolute Gasteiger partial charge is 0.326 e. The molecule has 5 heterocycles. The minimum absolute atomic E-state index is 0.0801. The number of hydrogen-bond acceptors (Lipinski definition) is 5. The van der Waals surface area contributed by atoms with Crippen molar-refractivity contribution in [2.24, 2.45) is 0 Å². The lowest BCUT2D eigenvalue weighted by Gasteiger charge is -2.34. The summed E-state index contributed by atoms with van der Waals surface area (Å²) >= 11 is 0. The van der Waals surface area contributed by atoms with Crippen molar-refractivity contribution in [2.75, 3.05) is 21.7 Å². The fraction of sp³-hybridized carbons (Fsp3) is 0.379. The number of ether oxygens (including phenoxy) is 1. The summed E-state index contributed by atoms with van der Waals surface area (Å²) in [5, 5.41) is 3.07. The van der Waals surface area contributed by atoms with Gasteiger partial charge in [-0.05, 0) is 62.3 Å². The Bertz CT molecular complexity index is 1490. The SMILES string of the molecule is Cc1cc2c(cc1N1Cc3c(cc(N4CCCC4=O)nc3C3CC3)NC1=O)OC(c1ncccc1F)CC2. The predicted octanol–water partition coefficient (Wildman–Crippen LogP) is 5.55. The predicted molar refractivity (Wildman–Crippen MR) is 140 cm³/mol. The summed E-state index contributed by atoms with van der Waals surface area (Å²) in [7, 11) is 0. The Morgan fingerprint density at radius 2 is 1.95 bits per heavy atom. The van der Waals surface area contributed by atoms with Gasteiger partial charge in [0.2, 0.25) is 5.91 Å². The molecule has 38 heavy (non-hydrogen) atoms. The normalized spacial score (nSPS) is 20.6. The maximum Gasteiger partial charge on any atom is 0.326 e. The zero-order valence-electron chi connectivity index (χ0n) is 21.2. The molecule has 7 rings (SSSR count). The molecule has 1 atom stereocenters. The third-order valence-corrected chi connectivity index (χ3v) is 7.97. The van der Waals surface area contributed by atoms with E-state index in [0.717, 1.165) is 59.4 Å². The van der Waals surface area contributed by atoms with Gasteiger partial charge in [0.1, 0.15) is 29.2 Å². The number of pyridine rings is 2. The maximum absolute atomic E-state index is 14.4. The second-order valence-corrected chi connectivity index (χ2v) is 10.6. The minimum Gasteiger partial charge on any atom is -0.484 e. The number of fused-ring (bicyclic) bond motifs is 2. The van der Waals surface area contributed by atoms with Crippen molar-refractivity contribution < 1.29 is 18.7 Å². The highest BCUT2D eigenvalue weighted by Gasteiger charge is 2.36. The van der Waals surface area contributed by atoms with E-state index in [2.05, 4.69) is 16.4 Å². The van der Waals surface area contributed by atoms with Crippen LogP contribution < -0.4 is 19.9 Å². The Kier molecular flexibility index (Phi) is 5.35. The summed E-state index contributed by atoms with van der Waals surface area (Å²) in [6.45, 7) is 3.03. The van der Waals surface area contributed by atoms with Crippen molar-refractivity contribution >= 4 is 29.1 Å². The lowest BCUT2D eigenvalue weighted by molar-refractivity contribution is -0.117. The van der Waals surface area contributed by atoms with Crippen LogP contribution in [0.5, 0.6) is 5.75 Å². The molecule has 2 aromatic heterocycles. The van der Waals surface area contributed by atoms with E-state index in [1.807, 2.05) is 19.1 Å². The van der Waals surface area contributed by atoms with E-state index in [9.17, 15) is 14.0 Å². The summed E-state index contributed by atoms with van der Waals surface area (Å²) in [6.07, 6.45) is 5.94. The molecule has 0 bridgehead atoms. The molecule has 4 aliphatic rings. The van der Waals surface area contributed by atoms with Crippen molar-refractivity contribution in [3.05, 3.63) is 70.4 Å². The maximum atomic E-state index is 14.4. The van der Waals surface area contributed by atoms with Crippen LogP contribution in [-0.4, -0.2) is 28.5 Å². The first-order valence-corrected chi connectivity index (χ1v) is 13.3. The highest BCUT2D eigenvalue weighted by Crippen LogP contribution is 2.46. The number of benzene rings is 1. The summed E-state index contributed by atoms with van der Waals surface area (Å²) in [5.41, 5.74) is 5.75. The van der Waals surface area contributed by atoms with E-state index in [-0.39, 0.29) is 17.8 Å². The fourth-order valence-electron chi connectivity index (χ4n) is 5.84. The number of halogens is 1. The molecule has 194 valence electrons. The van der Waals surface area contributed by atoms with E-state index in [1.54, 1.807) is 22.1 Å². The zero-order chi connectivity index (χ0) is 26.0. The quantitative estimate of drug-likeness (QED) is 0.495. The highest BCUT2D eigenvalue weighted by atomic mass is 19.1. The van der Waals surface area contributed by atoms with E-state index >= 15 is 0 Å². The zero-order valence-corrected chi connectivity index (χ0v) is 21.2. The van der Waals surface area contributed by atoms with Crippen LogP contribution in [-0.2, 0) is 17.8 Å². The van der Waals surface area contributed by atoms with Gasteiger partial charge in [0.25, 0.3) is 0 Å². The topological polar surface area (TPSA) is 87.7 Å². The number of urea groups is 1. The summed E-state index contributed by atoms with van der Waals surface area (Å²) in [5.74, 6) is 1.33. The molecule has 3 aliphatic heterocycles. The molecule has 9 heteroatoms. The van der Waals surface area contributed by atoms with Crippen LogP contribution in [0.25, 0.3) is 0 Å². The van der Waals surface area contributed by atoms with Gasteiger partial charge < -0.3 is 10.1 Å². The molecule has 2 fully saturated rings. The van der Waals surface area contributed by atoms with Crippen LogP contribution in [0.15, 0.2) is 36.5 Å². The number of anilines is 3. The van der Waals surface area contributed by atoms with E-state index in [1.165, 1.54) is 6.07 Å². The van der Waals surface area contributed by atoms with Crippen LogP contribution >= 0.6 is 0 Å². The number of aryl methyl sites for hydroxylation is 2. The number of aromatic nitrogens is 2. The first kappa shape index (κ1) is 23.1. The fourth-order valence-corrected chi connectivity index (χ4v) is 5.84. The van der Waals surface area contributed by atoms with Crippen LogP contribution in [0.3, 0.4) is 0 Å². The molecule has 0 radical (unpaired) electrons. The number of carbonyl (C=O) groups is 2. The largest absolute Gasteiger partial charge is 0.484 e. The monoisotopic (exact) mass is 513 g/mol. The molecule has 8 nitrogen and oxygen atoms in total. The standard InChI is InChI=1S/C29H28FN5O3/c1-16-12-18-8-9-23(28-20(30)4-2-10-31-28)38-24(18)14-22(16)35-15-19-21(32-29(35)37)13-25(33-27(19)17-6-7-17)34-11-3-5-26(34)36/h2,4,10,12-14,17,23H,3,5-9,11,15H2,1H3,(H,32,37). The number of amides is 3. The molecule has 0 spiro atoms. The molecule has 1 aliphatic carbocycles. The van der Waals surface area contributed by atoms with Gasteiger partial charge in [0.15, 0.2) is 0 Å². The van der Waals surface area contributed by atoms with Gasteiger partial charge in [-0.3, -0.25) is 19.6 Å². The summed E-state index contributed by atoms with van der Waals surface area (Å²) < 4.78 is 20.6. The van der Waals surface area contributed by atoms with Crippen molar-refractivity contribution in [3.63, 3.8) is 0 Å². The van der Waals surface area contributed by atoms with Crippen molar-refractivity contribution in [1.29, 1.82) is 0 Å². The Morgan fingerprint density at radius 1 is 1.08 bits per heavy atom. The molecule has 1 N–H and O–H groups in total. The second kappa shape index (κ2) is 8.79. The van der Waals surface area contributed by atoms with Crippen LogP contribution in [0.1, 0.15) is 72.2 Å². The first-order valence-electron chi connectivity index (χ1n) is 13.3. The van der Waals surface area contributed by atoms with Crippen LogP contribution in [0.4, 0.5) is 26.4 Å². The van der Waals surface area contributed by atoms with Gasteiger partial charge in [-0.2, -0.15) is 0 Å². The molecule has 1 unspecified atom stereocenters. The average molecular weight is 514 g/mol. The van der Waals surface area contributed by atoms with Crippen molar-refractivity contribution in [3.8, 4) is 5.75 Å². The van der Waals surface area contributed by atoms with Gasteiger partial charge in [-0.1, -0.05) is 6.07 Å². The highest BCUT2D eigenvalue weighted by molar-refractivity contribution is 6.05. The third kappa shape index (κ3) is 3.88. The third-order valence-electron chi connectivity index (χ3n) is 7.97. The molecule has 1 saturated heterocycles. The minimum atomic E-state index is -0.479. The lowest BCUT2D eigenvalue weighted by Crippen LogP contribution is -2.40. The van der Waals surface area contributed by atoms with Gasteiger partial charge >= 0.3 is 6.03 Å². The van der Waals surface area contributed by atoms with Gasteiger partial charge in [-0.15, -0.1) is 0 Å². The first-order chi connectivity index (χ1) is 18.5. The summed E-state index contributed by atoms with van der Waals surface area (Å²) in [6, 6.07) is 8.52. The molecule has 3 aromatic rings. The van der Waals surface area contributed by atoms with Gasteiger partial charge in [-0.25, -0.2) is 14.2 Å². The molecular formula is C29H28FN5O3. The van der Waals surface area contributed by atoms with Crippen molar-refractivity contribution in [1.82, 2.24) is 9.97 Å². The molecule has 1 saturated carbocycles. The second-order valence-electron chi connectivity index (χ2n) is 10.6. The van der Waals surface area contributed by atoms with Crippen molar-refractivity contribution in [2.45, 2.75) is 64.0 Å². The van der Waals surface area contributed by atoms with E-state index < -0.39 is 6.10 Å². The molecule has 3 amide bonds. The Balaban J connectivity index is 1.23. The van der Waals surface area contributed by atoms with E-state index in [0.29, 0.717) is 49.1 Å². The number of hydrogen-bond donors (Lipinski definition) is 1. The van der Waals surface area contributed by atoms with E-state index in [4.69, 9.17) is 9.72 Å². The Morgan fingerprint density at radius 3 is 2.71 bits per heavy atom. The van der Waals surface area contributed by atoms with Crippen LogP contribution in [0.2, 0.25) is 0 Å². The lowest BCUT2D eigenvalue weighted by atomic mass is 9.96. The number of nitrogens with zero attached hydrogens (tertiary/aromatic N) is 4.